The summed E-state index contributed by atoms with van der Waals surface area (Å²) in [6.45, 7) is 1.41. The molecule has 4 N–H and O–H groups in total. The van der Waals surface area contributed by atoms with Crippen molar-refractivity contribution in [2.45, 2.75) is 6.42 Å². The Kier molecular flexibility index (Phi) is 4.95. The molecule has 1 heterocycles. The minimum absolute atomic E-state index is 0.533. The number of nitrogens with two attached hydrogens (primary N) is 1. The molecule has 6 nitrogen and oxygen atoms in total. The lowest BCUT2D eigenvalue weighted by atomic mass is 10.3. The topological polar surface area (TPSA) is 85.1 Å². The van der Waals surface area contributed by atoms with Gasteiger partial charge in [-0.15, -0.1) is 0 Å². The van der Waals surface area contributed by atoms with E-state index >= 15 is 0 Å². The van der Waals surface area contributed by atoms with Gasteiger partial charge in [-0.2, -0.15) is 0 Å². The highest BCUT2D eigenvalue weighted by atomic mass is 16.5. The summed E-state index contributed by atoms with van der Waals surface area (Å²) in [4.78, 5) is 8.20. The smallest absolute Gasteiger partial charge is 0.160 e. The maximum Gasteiger partial charge on any atom is 0.160 e. The van der Waals surface area contributed by atoms with Gasteiger partial charge in [-0.05, 0) is 18.6 Å². The maximum atomic E-state index is 5.58. The van der Waals surface area contributed by atoms with Gasteiger partial charge in [-0.3, -0.25) is 4.98 Å². The third kappa shape index (κ3) is 4.44. The van der Waals surface area contributed by atoms with Gasteiger partial charge in [0.15, 0.2) is 5.82 Å². The van der Waals surface area contributed by atoms with Crippen molar-refractivity contribution < 1.29 is 4.74 Å². The molecule has 1 aromatic carbocycles. The summed E-state index contributed by atoms with van der Waals surface area (Å²) in [6.07, 6.45) is 4.08. The van der Waals surface area contributed by atoms with Crippen molar-refractivity contribution in [3.05, 3.63) is 42.7 Å². The summed E-state index contributed by atoms with van der Waals surface area (Å²) in [7, 11) is 0. The second-order valence-corrected chi connectivity index (χ2v) is 3.88. The highest BCUT2D eigenvalue weighted by Crippen LogP contribution is 2.08. The van der Waals surface area contributed by atoms with Crippen molar-refractivity contribution >= 4 is 11.6 Å². The SMILES string of the molecule is NNc1cncc(NCCCOc2ccccc2)n1. The van der Waals surface area contributed by atoms with E-state index in [0.717, 1.165) is 18.7 Å². The van der Waals surface area contributed by atoms with Crippen LogP contribution in [0.15, 0.2) is 42.7 Å². The van der Waals surface area contributed by atoms with E-state index in [-0.39, 0.29) is 0 Å². The van der Waals surface area contributed by atoms with Crippen LogP contribution in [0, 0.1) is 0 Å². The van der Waals surface area contributed by atoms with Crippen LogP contribution in [0.1, 0.15) is 6.42 Å². The van der Waals surface area contributed by atoms with Crippen LogP contribution in [0.5, 0.6) is 5.75 Å². The van der Waals surface area contributed by atoms with E-state index in [0.29, 0.717) is 18.2 Å². The largest absolute Gasteiger partial charge is 0.494 e. The van der Waals surface area contributed by atoms with E-state index in [9.17, 15) is 0 Å². The van der Waals surface area contributed by atoms with E-state index in [4.69, 9.17) is 10.6 Å². The molecule has 0 atom stereocenters. The van der Waals surface area contributed by atoms with E-state index in [2.05, 4.69) is 20.7 Å². The molecule has 0 spiro atoms. The van der Waals surface area contributed by atoms with E-state index in [1.165, 1.54) is 0 Å². The van der Waals surface area contributed by atoms with Gasteiger partial charge in [-0.25, -0.2) is 10.8 Å². The molecule has 0 saturated carbocycles. The van der Waals surface area contributed by atoms with Gasteiger partial charge in [0.25, 0.3) is 0 Å². The first-order chi connectivity index (χ1) is 9.38. The Hall–Kier alpha value is -2.34. The first-order valence-corrected chi connectivity index (χ1v) is 6.09. The fourth-order valence-electron chi connectivity index (χ4n) is 1.52. The molecule has 1 aromatic heterocycles. The number of ether oxygens (including phenoxy) is 1. The summed E-state index contributed by atoms with van der Waals surface area (Å²) >= 11 is 0. The standard InChI is InChI=1S/C13H17N5O/c14-18-13-10-15-9-12(17-13)16-7-4-8-19-11-5-2-1-3-6-11/h1-3,5-6,9-10H,4,7-8,14H2,(H2,16,17,18). The number of rotatable bonds is 7. The molecular weight excluding hydrogens is 242 g/mol. The van der Waals surface area contributed by atoms with Crippen LogP contribution in [0.3, 0.4) is 0 Å². The number of aromatic nitrogens is 2. The normalized spacial score (nSPS) is 9.95. The molecule has 0 amide bonds. The summed E-state index contributed by atoms with van der Waals surface area (Å²) in [5.74, 6) is 7.37. The highest BCUT2D eigenvalue weighted by Gasteiger charge is 1.97. The number of nitrogens with one attached hydrogen (secondary N) is 2. The molecule has 0 bridgehead atoms. The number of hydrazine groups is 1. The number of hydrogen-bond donors (Lipinski definition) is 3. The monoisotopic (exact) mass is 259 g/mol. The van der Waals surface area contributed by atoms with Gasteiger partial charge in [0.1, 0.15) is 11.6 Å². The fourth-order valence-corrected chi connectivity index (χ4v) is 1.52. The van der Waals surface area contributed by atoms with Gasteiger partial charge in [0, 0.05) is 6.54 Å². The van der Waals surface area contributed by atoms with Crippen LogP contribution >= 0.6 is 0 Å². The zero-order chi connectivity index (χ0) is 13.3. The van der Waals surface area contributed by atoms with Crippen molar-refractivity contribution in [1.29, 1.82) is 0 Å². The molecule has 6 heteroatoms. The Morgan fingerprint density at radius 3 is 2.68 bits per heavy atom. The predicted molar refractivity (Wildman–Crippen MR) is 74.9 cm³/mol. The van der Waals surface area contributed by atoms with Crippen LogP contribution < -0.4 is 21.3 Å². The van der Waals surface area contributed by atoms with Gasteiger partial charge in [0.2, 0.25) is 0 Å². The van der Waals surface area contributed by atoms with E-state index < -0.39 is 0 Å². The summed E-state index contributed by atoms with van der Waals surface area (Å²) in [6, 6.07) is 9.75. The molecule has 0 radical (unpaired) electrons. The maximum absolute atomic E-state index is 5.58. The zero-order valence-electron chi connectivity index (χ0n) is 10.5. The van der Waals surface area contributed by atoms with Gasteiger partial charge in [0.05, 0.1) is 19.0 Å². The number of para-hydroxylation sites is 1. The summed E-state index contributed by atoms with van der Waals surface area (Å²) in [5, 5.41) is 3.16. The molecule has 19 heavy (non-hydrogen) atoms. The average molecular weight is 259 g/mol. The molecule has 0 aliphatic rings. The Morgan fingerprint density at radius 2 is 1.89 bits per heavy atom. The van der Waals surface area contributed by atoms with Crippen LogP contribution in [0.4, 0.5) is 11.6 Å². The first-order valence-electron chi connectivity index (χ1n) is 6.09. The Morgan fingerprint density at radius 1 is 1.11 bits per heavy atom. The highest BCUT2D eigenvalue weighted by molar-refractivity contribution is 5.40. The first kappa shape index (κ1) is 13.1. The van der Waals surface area contributed by atoms with Crippen LogP contribution in [0.25, 0.3) is 0 Å². The van der Waals surface area contributed by atoms with Crippen molar-refractivity contribution in [3.8, 4) is 5.75 Å². The predicted octanol–water partition coefficient (Wildman–Crippen LogP) is 1.64. The molecule has 0 unspecified atom stereocenters. The fraction of sp³-hybridized carbons (Fsp3) is 0.231. The second kappa shape index (κ2) is 7.17. The molecule has 0 fully saturated rings. The summed E-state index contributed by atoms with van der Waals surface area (Å²) < 4.78 is 5.58. The minimum atomic E-state index is 0.533. The lowest BCUT2D eigenvalue weighted by Gasteiger charge is -2.08. The molecule has 0 aliphatic heterocycles. The molecule has 2 aromatic rings. The number of nitrogens with zero attached hydrogens (tertiary/aromatic N) is 2. The molecule has 2 rings (SSSR count). The molecule has 0 saturated heterocycles. The summed E-state index contributed by atoms with van der Waals surface area (Å²) in [5.41, 5.74) is 2.45. The van der Waals surface area contributed by atoms with Crippen LogP contribution in [-0.4, -0.2) is 23.1 Å². The van der Waals surface area contributed by atoms with Gasteiger partial charge >= 0.3 is 0 Å². The second-order valence-electron chi connectivity index (χ2n) is 3.88. The van der Waals surface area contributed by atoms with Crippen molar-refractivity contribution in [3.63, 3.8) is 0 Å². The van der Waals surface area contributed by atoms with E-state index in [1.54, 1.807) is 12.4 Å². The van der Waals surface area contributed by atoms with Crippen molar-refractivity contribution in [2.24, 2.45) is 5.84 Å². The number of nitrogen functional groups attached to an aromatic ring is 1. The number of hydrogen-bond acceptors (Lipinski definition) is 6. The zero-order valence-corrected chi connectivity index (χ0v) is 10.5. The lowest BCUT2D eigenvalue weighted by Crippen LogP contribution is -2.12. The van der Waals surface area contributed by atoms with Crippen molar-refractivity contribution in [1.82, 2.24) is 9.97 Å². The van der Waals surface area contributed by atoms with Crippen LogP contribution in [-0.2, 0) is 0 Å². The third-order valence-corrected chi connectivity index (χ3v) is 2.42. The molecule has 100 valence electrons. The lowest BCUT2D eigenvalue weighted by molar-refractivity contribution is 0.315. The van der Waals surface area contributed by atoms with Crippen LogP contribution in [0.2, 0.25) is 0 Å². The van der Waals surface area contributed by atoms with Gasteiger partial charge in [-0.1, -0.05) is 18.2 Å². The minimum Gasteiger partial charge on any atom is -0.494 e. The Balaban J connectivity index is 1.66. The van der Waals surface area contributed by atoms with Gasteiger partial charge < -0.3 is 15.5 Å². The van der Waals surface area contributed by atoms with E-state index in [1.807, 2.05) is 30.3 Å². The quantitative estimate of drug-likeness (QED) is 0.398. The molecule has 0 aliphatic carbocycles. The average Bonchev–Trinajstić information content (AvgIpc) is 2.48. The Bertz CT molecular complexity index is 491. The number of benzene rings is 1. The third-order valence-electron chi connectivity index (χ3n) is 2.42. The molecular formula is C13H17N5O. The van der Waals surface area contributed by atoms with Crippen molar-refractivity contribution in [2.75, 3.05) is 23.9 Å². The number of anilines is 2. The Labute approximate surface area is 112 Å².